The Morgan fingerprint density at radius 1 is 0.828 bits per heavy atom. The highest BCUT2D eigenvalue weighted by Gasteiger charge is 2.30. The Morgan fingerprint density at radius 3 is 1.83 bits per heavy atom. The van der Waals surface area contributed by atoms with Crippen LogP contribution in [0.25, 0.3) is 0 Å². The quantitative estimate of drug-likeness (QED) is 0.659. The molecule has 0 aromatic heterocycles. The maximum Gasteiger partial charge on any atom is 0.139 e. The van der Waals surface area contributed by atoms with Gasteiger partial charge in [0.25, 0.3) is 0 Å². The van der Waals surface area contributed by atoms with E-state index in [2.05, 4.69) is 77.7 Å². The van der Waals surface area contributed by atoms with Crippen LogP contribution in [0.3, 0.4) is 0 Å². The fourth-order valence-corrected chi connectivity index (χ4v) is 4.48. The Bertz CT molecular complexity index is 881. The predicted octanol–water partition coefficient (Wildman–Crippen LogP) is 3.36. The lowest BCUT2D eigenvalue weighted by Crippen LogP contribution is -3.15. The van der Waals surface area contributed by atoms with E-state index >= 15 is 0 Å². The van der Waals surface area contributed by atoms with E-state index in [1.165, 1.54) is 11.1 Å². The highest BCUT2D eigenvalue weighted by Crippen LogP contribution is 2.20. The third-order valence-corrected chi connectivity index (χ3v) is 6.20. The Kier molecular flexibility index (Phi) is 6.23. The topological polar surface area (TPSA) is 16.9 Å². The van der Waals surface area contributed by atoms with Gasteiger partial charge in [0.2, 0.25) is 0 Å². The summed E-state index contributed by atoms with van der Waals surface area (Å²) in [5.74, 6) is 0.861. The van der Waals surface area contributed by atoms with Gasteiger partial charge in [0.05, 0.1) is 33.3 Å². The molecule has 0 amide bonds. The highest BCUT2D eigenvalue weighted by molar-refractivity contribution is 7.80. The van der Waals surface area contributed by atoms with Gasteiger partial charge in [0, 0.05) is 16.7 Å². The molecule has 0 atom stereocenters. The molecule has 0 bridgehead atoms. The third-order valence-electron chi connectivity index (χ3n) is 5.70. The van der Waals surface area contributed by atoms with Gasteiger partial charge in [-0.3, -0.25) is 0 Å². The number of quaternary nitrogens is 1. The third kappa shape index (κ3) is 4.50. The summed E-state index contributed by atoms with van der Waals surface area (Å²) >= 11 is 5.79. The van der Waals surface area contributed by atoms with E-state index in [1.807, 2.05) is 12.1 Å². The molecule has 1 N–H and O–H groups in total. The molecule has 4 heteroatoms. The fourth-order valence-electron chi connectivity index (χ4n) is 4.16. The van der Waals surface area contributed by atoms with Crippen molar-refractivity contribution in [3.63, 3.8) is 0 Å². The molecule has 0 unspecified atom stereocenters. The van der Waals surface area contributed by atoms with Crippen LogP contribution in [0.1, 0.15) is 22.7 Å². The molecule has 0 spiro atoms. The summed E-state index contributed by atoms with van der Waals surface area (Å²) < 4.78 is 5.26. The van der Waals surface area contributed by atoms with Crippen LogP contribution < -0.4 is 9.64 Å². The Balaban J connectivity index is 1.48. The van der Waals surface area contributed by atoms with Crippen molar-refractivity contribution in [1.82, 2.24) is 4.90 Å². The standard InChI is InChI=1S/C25H26N2OS/c1-28-23-14-12-22(13-15-23)25(29)27-18-16-26(17-19-27)24(20-8-4-2-5-9-20)21-10-6-3-7-11-21/h2-15,24H,16-19H2,1H3/p+1. The first-order valence-corrected chi connectivity index (χ1v) is 10.5. The van der Waals surface area contributed by atoms with E-state index in [4.69, 9.17) is 17.0 Å². The van der Waals surface area contributed by atoms with Crippen LogP contribution in [0.15, 0.2) is 84.9 Å². The van der Waals surface area contributed by atoms with Crippen molar-refractivity contribution >= 4 is 17.2 Å². The predicted molar refractivity (Wildman–Crippen MR) is 122 cm³/mol. The molecule has 29 heavy (non-hydrogen) atoms. The van der Waals surface area contributed by atoms with Crippen molar-refractivity contribution in [3.8, 4) is 5.75 Å². The highest BCUT2D eigenvalue weighted by atomic mass is 32.1. The normalized spacial score (nSPS) is 14.8. The van der Waals surface area contributed by atoms with E-state index in [0.29, 0.717) is 6.04 Å². The minimum absolute atomic E-state index is 0.356. The van der Waals surface area contributed by atoms with Gasteiger partial charge in [-0.2, -0.15) is 0 Å². The number of piperazine rings is 1. The minimum atomic E-state index is 0.356. The first-order valence-electron chi connectivity index (χ1n) is 10.1. The number of benzene rings is 3. The van der Waals surface area contributed by atoms with Crippen LogP contribution in [0.5, 0.6) is 5.75 Å². The molecule has 1 heterocycles. The van der Waals surface area contributed by atoms with E-state index in [1.54, 1.807) is 12.0 Å². The Hall–Kier alpha value is -2.69. The van der Waals surface area contributed by atoms with Crippen LogP contribution in [-0.4, -0.2) is 43.2 Å². The van der Waals surface area contributed by atoms with Crippen molar-refractivity contribution in [2.24, 2.45) is 0 Å². The van der Waals surface area contributed by atoms with Gasteiger partial charge in [-0.1, -0.05) is 72.9 Å². The molecule has 3 aromatic carbocycles. The first kappa shape index (κ1) is 19.6. The molecule has 1 aliphatic rings. The average Bonchev–Trinajstić information content (AvgIpc) is 2.81. The molecular formula is C25H27N2OS+. The smallest absolute Gasteiger partial charge is 0.139 e. The zero-order valence-corrected chi connectivity index (χ0v) is 17.6. The molecule has 1 fully saturated rings. The second-order valence-corrected chi connectivity index (χ2v) is 7.82. The summed E-state index contributed by atoms with van der Waals surface area (Å²) in [4.78, 5) is 4.87. The number of hydrogen-bond acceptors (Lipinski definition) is 2. The number of methoxy groups -OCH3 is 1. The lowest BCUT2D eigenvalue weighted by Gasteiger charge is -2.38. The van der Waals surface area contributed by atoms with Crippen LogP contribution in [-0.2, 0) is 0 Å². The SMILES string of the molecule is COc1ccc(C(=S)N2CC[NH+](C(c3ccccc3)c3ccccc3)CC2)cc1. The summed E-state index contributed by atoms with van der Waals surface area (Å²) in [6.45, 7) is 4.06. The van der Waals surface area contributed by atoms with Crippen molar-refractivity contribution in [2.45, 2.75) is 6.04 Å². The van der Waals surface area contributed by atoms with E-state index < -0.39 is 0 Å². The Morgan fingerprint density at radius 2 is 1.34 bits per heavy atom. The zero-order valence-electron chi connectivity index (χ0n) is 16.8. The fraction of sp³-hybridized carbons (Fsp3) is 0.240. The van der Waals surface area contributed by atoms with Crippen molar-refractivity contribution in [3.05, 3.63) is 102 Å². The molecule has 3 nitrogen and oxygen atoms in total. The lowest BCUT2D eigenvalue weighted by atomic mass is 9.96. The number of ether oxygens (including phenoxy) is 1. The molecule has 1 aliphatic heterocycles. The van der Waals surface area contributed by atoms with Gasteiger partial charge in [0.15, 0.2) is 0 Å². The molecular weight excluding hydrogens is 376 g/mol. The largest absolute Gasteiger partial charge is 0.497 e. The summed E-state index contributed by atoms with van der Waals surface area (Å²) in [6.07, 6.45) is 0. The molecule has 4 rings (SSSR count). The summed E-state index contributed by atoms with van der Waals surface area (Å²) in [7, 11) is 1.69. The number of nitrogens with zero attached hydrogens (tertiary/aromatic N) is 1. The zero-order chi connectivity index (χ0) is 20.1. The number of thiocarbonyl (C=S) groups is 1. The van der Waals surface area contributed by atoms with E-state index in [-0.39, 0.29) is 0 Å². The van der Waals surface area contributed by atoms with Gasteiger partial charge < -0.3 is 14.5 Å². The molecule has 0 radical (unpaired) electrons. The molecule has 148 valence electrons. The monoisotopic (exact) mass is 403 g/mol. The number of nitrogens with one attached hydrogen (secondary N) is 1. The summed E-state index contributed by atoms with van der Waals surface area (Å²) in [5.41, 5.74) is 3.84. The van der Waals surface area contributed by atoms with Crippen LogP contribution in [0.4, 0.5) is 0 Å². The molecule has 1 saturated heterocycles. The van der Waals surface area contributed by atoms with E-state index in [0.717, 1.165) is 42.5 Å². The second kappa shape index (κ2) is 9.21. The molecule has 0 aliphatic carbocycles. The number of hydrogen-bond donors (Lipinski definition) is 1. The summed E-state index contributed by atoms with van der Waals surface area (Å²) in [5, 5.41) is 0. The van der Waals surface area contributed by atoms with Crippen LogP contribution in [0, 0.1) is 0 Å². The Labute approximate surface area is 178 Å². The molecule has 3 aromatic rings. The average molecular weight is 404 g/mol. The second-order valence-electron chi connectivity index (χ2n) is 7.43. The maximum absolute atomic E-state index is 5.79. The van der Waals surface area contributed by atoms with Crippen LogP contribution in [0.2, 0.25) is 0 Å². The van der Waals surface area contributed by atoms with Crippen LogP contribution >= 0.6 is 12.2 Å². The maximum atomic E-state index is 5.79. The van der Waals surface area contributed by atoms with Gasteiger partial charge in [-0.25, -0.2) is 0 Å². The first-order chi connectivity index (χ1) is 14.3. The van der Waals surface area contributed by atoms with Crippen molar-refractivity contribution in [1.29, 1.82) is 0 Å². The van der Waals surface area contributed by atoms with Gasteiger partial charge >= 0.3 is 0 Å². The summed E-state index contributed by atoms with van der Waals surface area (Å²) in [6, 6.07) is 30.1. The molecule has 0 saturated carbocycles. The number of rotatable bonds is 5. The van der Waals surface area contributed by atoms with Crippen molar-refractivity contribution < 1.29 is 9.64 Å². The lowest BCUT2D eigenvalue weighted by molar-refractivity contribution is -0.929. The minimum Gasteiger partial charge on any atom is -0.497 e. The van der Waals surface area contributed by atoms with Gasteiger partial charge in [0.1, 0.15) is 16.8 Å². The van der Waals surface area contributed by atoms with Gasteiger partial charge in [-0.15, -0.1) is 0 Å². The van der Waals surface area contributed by atoms with Gasteiger partial charge in [-0.05, 0) is 24.3 Å². The van der Waals surface area contributed by atoms with Crippen molar-refractivity contribution in [2.75, 3.05) is 33.3 Å². The van der Waals surface area contributed by atoms with E-state index in [9.17, 15) is 0 Å².